The van der Waals surface area contributed by atoms with Crippen LogP contribution in [0.1, 0.15) is 23.4 Å². The van der Waals surface area contributed by atoms with E-state index in [9.17, 15) is 0 Å². The van der Waals surface area contributed by atoms with Gasteiger partial charge in [0.2, 0.25) is 0 Å². The van der Waals surface area contributed by atoms with Crippen LogP contribution in [-0.2, 0) is 0 Å². The fraction of sp³-hybridized carbons (Fsp3) is 0.214. The van der Waals surface area contributed by atoms with E-state index >= 15 is 0 Å². The molecule has 0 bridgehead atoms. The quantitative estimate of drug-likeness (QED) is 0.857. The number of nitrogens with zero attached hydrogens (tertiary/aromatic N) is 2. The Bertz CT molecular complexity index is 569. The lowest BCUT2D eigenvalue weighted by molar-refractivity contribution is 0.755. The molecule has 0 saturated carbocycles. The molecule has 0 aliphatic carbocycles. The van der Waals surface area contributed by atoms with Gasteiger partial charge in [0.15, 0.2) is 0 Å². The third-order valence-electron chi connectivity index (χ3n) is 3.07. The van der Waals surface area contributed by atoms with Crippen molar-refractivity contribution in [3.8, 4) is 6.07 Å². The van der Waals surface area contributed by atoms with Gasteiger partial charge in [-0.05, 0) is 36.6 Å². The monoisotopic (exact) mass is 257 g/mol. The van der Waals surface area contributed by atoms with Crippen LogP contribution in [0.2, 0.25) is 0 Å². The molecule has 18 heavy (non-hydrogen) atoms. The van der Waals surface area contributed by atoms with Crippen molar-refractivity contribution < 1.29 is 0 Å². The molecule has 0 spiro atoms. The summed E-state index contributed by atoms with van der Waals surface area (Å²) in [5.74, 6) is 0. The van der Waals surface area contributed by atoms with E-state index in [2.05, 4.69) is 29.3 Å². The van der Waals surface area contributed by atoms with E-state index in [-0.39, 0.29) is 6.04 Å². The Balaban J connectivity index is 2.29. The molecular formula is C14H15N3S. The summed E-state index contributed by atoms with van der Waals surface area (Å²) in [6.45, 7) is 2.14. The lowest BCUT2D eigenvalue weighted by atomic mass is 10.1. The normalized spacial score (nSPS) is 11.8. The highest BCUT2D eigenvalue weighted by atomic mass is 32.1. The second kappa shape index (κ2) is 5.11. The van der Waals surface area contributed by atoms with Gasteiger partial charge in [0.25, 0.3) is 0 Å². The zero-order valence-corrected chi connectivity index (χ0v) is 11.2. The molecule has 92 valence electrons. The molecule has 2 rings (SSSR count). The van der Waals surface area contributed by atoms with Crippen molar-refractivity contribution in [2.75, 3.05) is 17.7 Å². The molecule has 2 aromatic rings. The first-order valence-corrected chi connectivity index (χ1v) is 6.57. The first kappa shape index (κ1) is 12.5. The molecule has 4 heteroatoms. The predicted molar refractivity (Wildman–Crippen MR) is 76.7 cm³/mol. The smallest absolute Gasteiger partial charge is 0.0992 e. The van der Waals surface area contributed by atoms with Gasteiger partial charge in [-0.1, -0.05) is 6.07 Å². The van der Waals surface area contributed by atoms with E-state index in [1.807, 2.05) is 19.2 Å². The molecule has 3 nitrogen and oxygen atoms in total. The third kappa shape index (κ3) is 2.31. The fourth-order valence-corrected chi connectivity index (χ4v) is 2.70. The highest BCUT2D eigenvalue weighted by molar-refractivity contribution is 7.10. The molecule has 1 atom stereocenters. The van der Waals surface area contributed by atoms with Crippen molar-refractivity contribution >= 4 is 22.7 Å². The summed E-state index contributed by atoms with van der Waals surface area (Å²) in [6.07, 6.45) is 0. The van der Waals surface area contributed by atoms with Crippen molar-refractivity contribution in [1.82, 2.24) is 0 Å². The van der Waals surface area contributed by atoms with Crippen LogP contribution in [0.25, 0.3) is 0 Å². The van der Waals surface area contributed by atoms with Crippen LogP contribution in [0.4, 0.5) is 11.4 Å². The Hall–Kier alpha value is -1.99. The SMILES string of the molecule is CC(c1cccs1)N(C)c1ccc(C#N)cc1N. The van der Waals surface area contributed by atoms with Crippen LogP contribution >= 0.6 is 11.3 Å². The number of anilines is 2. The van der Waals surface area contributed by atoms with Gasteiger partial charge in [0.05, 0.1) is 29.0 Å². The maximum absolute atomic E-state index is 8.83. The van der Waals surface area contributed by atoms with E-state index in [0.29, 0.717) is 11.3 Å². The topological polar surface area (TPSA) is 53.0 Å². The molecule has 2 N–H and O–H groups in total. The number of nitriles is 1. The number of benzene rings is 1. The Morgan fingerprint density at radius 1 is 1.39 bits per heavy atom. The van der Waals surface area contributed by atoms with Crippen LogP contribution in [0.15, 0.2) is 35.7 Å². The Morgan fingerprint density at radius 3 is 2.72 bits per heavy atom. The highest BCUT2D eigenvalue weighted by Crippen LogP contribution is 2.31. The molecule has 0 aliphatic heterocycles. The summed E-state index contributed by atoms with van der Waals surface area (Å²) < 4.78 is 0. The summed E-state index contributed by atoms with van der Waals surface area (Å²) in [5.41, 5.74) is 8.18. The molecule has 0 saturated heterocycles. The maximum Gasteiger partial charge on any atom is 0.0992 e. The van der Waals surface area contributed by atoms with Gasteiger partial charge in [0, 0.05) is 11.9 Å². The van der Waals surface area contributed by atoms with Crippen molar-refractivity contribution in [3.63, 3.8) is 0 Å². The first-order chi connectivity index (χ1) is 8.63. The number of nitrogen functional groups attached to an aromatic ring is 1. The zero-order chi connectivity index (χ0) is 13.1. The summed E-state index contributed by atoms with van der Waals surface area (Å²) in [7, 11) is 2.02. The second-order valence-electron chi connectivity index (χ2n) is 4.19. The highest BCUT2D eigenvalue weighted by Gasteiger charge is 2.15. The third-order valence-corrected chi connectivity index (χ3v) is 4.12. The van der Waals surface area contributed by atoms with Gasteiger partial charge < -0.3 is 10.6 Å². The van der Waals surface area contributed by atoms with E-state index < -0.39 is 0 Å². The number of rotatable bonds is 3. The molecule has 1 aromatic carbocycles. The van der Waals surface area contributed by atoms with Gasteiger partial charge in [-0.15, -0.1) is 11.3 Å². The summed E-state index contributed by atoms with van der Waals surface area (Å²) in [4.78, 5) is 3.42. The van der Waals surface area contributed by atoms with Crippen molar-refractivity contribution in [2.24, 2.45) is 0 Å². The molecule has 0 fully saturated rings. The second-order valence-corrected chi connectivity index (χ2v) is 5.17. The van der Waals surface area contributed by atoms with Gasteiger partial charge >= 0.3 is 0 Å². The average Bonchev–Trinajstić information content (AvgIpc) is 2.90. The summed E-state index contributed by atoms with van der Waals surface area (Å²) >= 11 is 1.73. The lowest BCUT2D eigenvalue weighted by Crippen LogP contribution is -2.21. The minimum atomic E-state index is 0.264. The minimum Gasteiger partial charge on any atom is -0.397 e. The Kier molecular flexibility index (Phi) is 3.54. The first-order valence-electron chi connectivity index (χ1n) is 5.69. The molecule has 1 unspecified atom stereocenters. The van der Waals surface area contributed by atoms with Gasteiger partial charge in [-0.25, -0.2) is 0 Å². The Labute approximate surface area is 111 Å². The van der Waals surface area contributed by atoms with Crippen LogP contribution < -0.4 is 10.6 Å². The predicted octanol–water partition coefficient (Wildman–Crippen LogP) is 3.40. The number of hydrogen-bond acceptors (Lipinski definition) is 4. The molecule has 1 heterocycles. The lowest BCUT2D eigenvalue weighted by Gasteiger charge is -2.27. The maximum atomic E-state index is 8.83. The largest absolute Gasteiger partial charge is 0.397 e. The van der Waals surface area contributed by atoms with E-state index in [4.69, 9.17) is 11.0 Å². The van der Waals surface area contributed by atoms with Gasteiger partial charge in [0.1, 0.15) is 0 Å². The van der Waals surface area contributed by atoms with Crippen molar-refractivity contribution in [1.29, 1.82) is 5.26 Å². The fourth-order valence-electron chi connectivity index (χ4n) is 1.87. The van der Waals surface area contributed by atoms with Crippen molar-refractivity contribution in [3.05, 3.63) is 46.2 Å². The molecule has 0 aliphatic rings. The van der Waals surface area contributed by atoms with Crippen LogP contribution in [0, 0.1) is 11.3 Å². The minimum absolute atomic E-state index is 0.264. The Morgan fingerprint density at radius 2 is 2.17 bits per heavy atom. The van der Waals surface area contributed by atoms with Crippen LogP contribution in [-0.4, -0.2) is 7.05 Å². The molecule has 0 radical (unpaired) electrons. The van der Waals surface area contributed by atoms with Crippen molar-refractivity contribution in [2.45, 2.75) is 13.0 Å². The van der Waals surface area contributed by atoms with Gasteiger partial charge in [-0.2, -0.15) is 5.26 Å². The number of nitrogens with two attached hydrogens (primary N) is 1. The molecule has 1 aromatic heterocycles. The van der Waals surface area contributed by atoms with E-state index in [1.54, 1.807) is 23.5 Å². The molecule has 0 amide bonds. The number of thiophene rings is 1. The van der Waals surface area contributed by atoms with Crippen LogP contribution in [0.5, 0.6) is 0 Å². The van der Waals surface area contributed by atoms with Gasteiger partial charge in [-0.3, -0.25) is 0 Å². The summed E-state index contributed by atoms with van der Waals surface area (Å²) in [5, 5.41) is 10.9. The number of hydrogen-bond donors (Lipinski definition) is 1. The zero-order valence-electron chi connectivity index (χ0n) is 10.4. The van der Waals surface area contributed by atoms with E-state index in [1.165, 1.54) is 4.88 Å². The molecular weight excluding hydrogens is 242 g/mol. The standard InChI is InChI=1S/C14H15N3S/c1-10(14-4-3-7-18-14)17(2)13-6-5-11(9-15)8-12(13)16/h3-8,10H,16H2,1-2H3. The van der Waals surface area contributed by atoms with E-state index in [0.717, 1.165) is 5.69 Å². The van der Waals surface area contributed by atoms with Crippen LogP contribution in [0.3, 0.4) is 0 Å². The summed E-state index contributed by atoms with van der Waals surface area (Å²) in [6, 6.07) is 11.9. The average molecular weight is 257 g/mol.